The number of guanidine groups is 1. The SMILES string of the molecule is CCNC(=NCc1noc(C)n1)N1CCN(Cc2ccc(OC)c(OC)c2)CC1. The highest BCUT2D eigenvalue weighted by Gasteiger charge is 2.20. The Morgan fingerprint density at radius 2 is 1.93 bits per heavy atom. The van der Waals surface area contributed by atoms with E-state index in [1.165, 1.54) is 5.56 Å². The quantitative estimate of drug-likeness (QED) is 0.553. The summed E-state index contributed by atoms with van der Waals surface area (Å²) < 4.78 is 15.8. The number of methoxy groups -OCH3 is 2. The van der Waals surface area contributed by atoms with Gasteiger partial charge in [0, 0.05) is 46.2 Å². The fraction of sp³-hybridized carbons (Fsp3) is 0.550. The monoisotopic (exact) mass is 402 g/mol. The van der Waals surface area contributed by atoms with Gasteiger partial charge in [-0.05, 0) is 24.6 Å². The smallest absolute Gasteiger partial charge is 0.223 e. The molecule has 29 heavy (non-hydrogen) atoms. The molecule has 2 aromatic rings. The van der Waals surface area contributed by atoms with Crippen LogP contribution < -0.4 is 14.8 Å². The molecule has 3 rings (SSSR count). The topological polar surface area (TPSA) is 88.2 Å². The van der Waals surface area contributed by atoms with Crippen LogP contribution in [0.5, 0.6) is 11.5 Å². The molecular weight excluding hydrogens is 372 g/mol. The first kappa shape index (κ1) is 20.9. The molecule has 0 spiro atoms. The van der Waals surface area contributed by atoms with Crippen LogP contribution in [-0.2, 0) is 13.1 Å². The summed E-state index contributed by atoms with van der Waals surface area (Å²) in [5.41, 5.74) is 1.21. The number of piperazine rings is 1. The summed E-state index contributed by atoms with van der Waals surface area (Å²) in [6.07, 6.45) is 0. The standard InChI is InChI=1S/C20H30N6O3/c1-5-21-20(22-13-19-23-15(2)29-24-19)26-10-8-25(9-11-26)14-16-6-7-17(27-3)18(12-16)28-4/h6-7,12H,5,8-11,13-14H2,1-4H3,(H,21,22). The molecule has 158 valence electrons. The van der Waals surface area contributed by atoms with Crippen molar-refractivity contribution in [3.8, 4) is 11.5 Å². The molecule has 1 aromatic heterocycles. The van der Waals surface area contributed by atoms with E-state index in [0.717, 1.165) is 56.7 Å². The Morgan fingerprint density at radius 1 is 1.17 bits per heavy atom. The van der Waals surface area contributed by atoms with Gasteiger partial charge >= 0.3 is 0 Å². The van der Waals surface area contributed by atoms with Crippen LogP contribution in [0.4, 0.5) is 0 Å². The summed E-state index contributed by atoms with van der Waals surface area (Å²) in [6.45, 7) is 9.69. The van der Waals surface area contributed by atoms with Crippen molar-refractivity contribution >= 4 is 5.96 Å². The van der Waals surface area contributed by atoms with Crippen LogP contribution in [0.25, 0.3) is 0 Å². The van der Waals surface area contributed by atoms with Crippen molar-refractivity contribution in [1.29, 1.82) is 0 Å². The van der Waals surface area contributed by atoms with Gasteiger partial charge in [0.15, 0.2) is 23.3 Å². The van der Waals surface area contributed by atoms with Gasteiger partial charge in [-0.2, -0.15) is 4.98 Å². The van der Waals surface area contributed by atoms with Crippen molar-refractivity contribution in [3.63, 3.8) is 0 Å². The van der Waals surface area contributed by atoms with E-state index in [9.17, 15) is 0 Å². The Morgan fingerprint density at radius 3 is 2.55 bits per heavy atom. The van der Waals surface area contributed by atoms with Crippen molar-refractivity contribution in [2.45, 2.75) is 26.9 Å². The van der Waals surface area contributed by atoms with Crippen LogP contribution in [-0.4, -0.2) is 72.8 Å². The maximum Gasteiger partial charge on any atom is 0.223 e. The third-order valence-corrected chi connectivity index (χ3v) is 4.80. The highest BCUT2D eigenvalue weighted by molar-refractivity contribution is 5.80. The maximum absolute atomic E-state index is 5.41. The van der Waals surface area contributed by atoms with Crippen LogP contribution in [0.2, 0.25) is 0 Å². The normalized spacial score (nSPS) is 15.4. The number of ether oxygens (including phenoxy) is 2. The second-order valence-corrected chi connectivity index (χ2v) is 6.85. The van der Waals surface area contributed by atoms with Crippen LogP contribution in [0.15, 0.2) is 27.7 Å². The van der Waals surface area contributed by atoms with Crippen LogP contribution in [0.1, 0.15) is 24.2 Å². The molecule has 1 N–H and O–H groups in total. The summed E-state index contributed by atoms with van der Waals surface area (Å²) in [5, 5.41) is 7.27. The van der Waals surface area contributed by atoms with Gasteiger partial charge in [0.05, 0.1) is 14.2 Å². The molecule has 2 heterocycles. The lowest BCUT2D eigenvalue weighted by Gasteiger charge is -2.36. The summed E-state index contributed by atoms with van der Waals surface area (Å²) in [6, 6.07) is 6.09. The lowest BCUT2D eigenvalue weighted by atomic mass is 10.1. The largest absolute Gasteiger partial charge is 0.493 e. The number of rotatable bonds is 7. The number of aliphatic imine (C=N–C) groups is 1. The zero-order valence-electron chi connectivity index (χ0n) is 17.6. The van der Waals surface area contributed by atoms with E-state index < -0.39 is 0 Å². The van der Waals surface area contributed by atoms with E-state index in [1.807, 2.05) is 12.1 Å². The molecule has 0 amide bonds. The Balaban J connectivity index is 1.56. The van der Waals surface area contributed by atoms with E-state index in [1.54, 1.807) is 21.1 Å². The minimum atomic E-state index is 0.408. The van der Waals surface area contributed by atoms with E-state index in [0.29, 0.717) is 18.3 Å². The van der Waals surface area contributed by atoms with Crippen molar-refractivity contribution in [2.24, 2.45) is 4.99 Å². The number of nitrogens with one attached hydrogen (secondary N) is 1. The molecule has 0 saturated carbocycles. The molecule has 0 unspecified atom stereocenters. The number of aromatic nitrogens is 2. The number of benzene rings is 1. The van der Waals surface area contributed by atoms with Crippen molar-refractivity contribution in [3.05, 3.63) is 35.5 Å². The van der Waals surface area contributed by atoms with E-state index >= 15 is 0 Å². The number of hydrogen-bond donors (Lipinski definition) is 1. The summed E-state index contributed by atoms with van der Waals surface area (Å²) in [4.78, 5) is 13.6. The maximum atomic E-state index is 5.41. The minimum absolute atomic E-state index is 0.408. The molecule has 1 fully saturated rings. The number of aryl methyl sites for hydroxylation is 1. The van der Waals surface area contributed by atoms with Gasteiger partial charge in [-0.3, -0.25) is 4.90 Å². The Bertz CT molecular complexity index is 814. The minimum Gasteiger partial charge on any atom is -0.493 e. The molecular formula is C20H30N6O3. The van der Waals surface area contributed by atoms with Gasteiger partial charge < -0.3 is 24.2 Å². The third-order valence-electron chi connectivity index (χ3n) is 4.80. The second-order valence-electron chi connectivity index (χ2n) is 6.85. The van der Waals surface area contributed by atoms with Crippen molar-refractivity contribution < 1.29 is 14.0 Å². The number of nitrogens with zero attached hydrogens (tertiary/aromatic N) is 5. The summed E-state index contributed by atoms with van der Waals surface area (Å²) in [5.74, 6) is 3.57. The first-order chi connectivity index (χ1) is 14.1. The first-order valence-corrected chi connectivity index (χ1v) is 9.88. The van der Waals surface area contributed by atoms with Crippen molar-refractivity contribution in [2.75, 3.05) is 46.9 Å². The fourth-order valence-corrected chi connectivity index (χ4v) is 3.33. The van der Waals surface area contributed by atoms with Gasteiger partial charge in [-0.15, -0.1) is 0 Å². The molecule has 1 aromatic carbocycles. The highest BCUT2D eigenvalue weighted by atomic mass is 16.5. The molecule has 0 atom stereocenters. The lowest BCUT2D eigenvalue weighted by Crippen LogP contribution is -2.52. The zero-order chi connectivity index (χ0) is 20.6. The van der Waals surface area contributed by atoms with E-state index in [4.69, 9.17) is 14.0 Å². The molecule has 0 bridgehead atoms. The van der Waals surface area contributed by atoms with Crippen molar-refractivity contribution in [1.82, 2.24) is 25.3 Å². The number of hydrogen-bond acceptors (Lipinski definition) is 7. The molecule has 0 aliphatic carbocycles. The molecule has 1 aliphatic heterocycles. The molecule has 1 saturated heterocycles. The zero-order valence-corrected chi connectivity index (χ0v) is 17.6. The third kappa shape index (κ3) is 5.60. The average Bonchev–Trinajstić information content (AvgIpc) is 3.16. The lowest BCUT2D eigenvalue weighted by molar-refractivity contribution is 0.172. The molecule has 9 heteroatoms. The summed E-state index contributed by atoms with van der Waals surface area (Å²) in [7, 11) is 3.32. The Kier molecular flexibility index (Phi) is 7.29. The van der Waals surface area contributed by atoms with Gasteiger partial charge in [-0.25, -0.2) is 4.99 Å². The summed E-state index contributed by atoms with van der Waals surface area (Å²) >= 11 is 0. The van der Waals surface area contributed by atoms with Crippen LogP contribution in [0, 0.1) is 6.92 Å². The predicted molar refractivity (Wildman–Crippen MR) is 110 cm³/mol. The van der Waals surface area contributed by atoms with Gasteiger partial charge in [-0.1, -0.05) is 11.2 Å². The van der Waals surface area contributed by atoms with Crippen LogP contribution >= 0.6 is 0 Å². The molecule has 1 aliphatic rings. The van der Waals surface area contributed by atoms with Crippen LogP contribution in [0.3, 0.4) is 0 Å². The van der Waals surface area contributed by atoms with Gasteiger partial charge in [0.1, 0.15) is 6.54 Å². The molecule has 0 radical (unpaired) electrons. The Hall–Kier alpha value is -2.81. The van der Waals surface area contributed by atoms with E-state index in [-0.39, 0.29) is 0 Å². The highest BCUT2D eigenvalue weighted by Crippen LogP contribution is 2.28. The molecule has 9 nitrogen and oxygen atoms in total. The van der Waals surface area contributed by atoms with Gasteiger partial charge in [0.25, 0.3) is 0 Å². The average molecular weight is 402 g/mol. The Labute approximate surface area is 171 Å². The second kappa shape index (κ2) is 10.1. The van der Waals surface area contributed by atoms with E-state index in [2.05, 4.69) is 43.2 Å². The predicted octanol–water partition coefficient (Wildman–Crippen LogP) is 1.68. The first-order valence-electron chi connectivity index (χ1n) is 9.88. The van der Waals surface area contributed by atoms with Gasteiger partial charge in [0.2, 0.25) is 5.89 Å². The fourth-order valence-electron chi connectivity index (χ4n) is 3.33.